The van der Waals surface area contributed by atoms with E-state index in [4.69, 9.17) is 10.5 Å². The molecule has 2 fully saturated rings. The van der Waals surface area contributed by atoms with Crippen LogP contribution in [0.2, 0.25) is 0 Å². The lowest BCUT2D eigenvalue weighted by molar-refractivity contribution is -0.111. The molecular weight excluding hydrogens is 262 g/mol. The third-order valence-corrected chi connectivity index (χ3v) is 5.10. The van der Waals surface area contributed by atoms with Gasteiger partial charge in [0.05, 0.1) is 5.60 Å². The number of aryl methyl sites for hydroxylation is 1. The van der Waals surface area contributed by atoms with Gasteiger partial charge >= 0.3 is 0 Å². The lowest BCUT2D eigenvalue weighted by Gasteiger charge is -2.43. The fourth-order valence-corrected chi connectivity index (χ4v) is 3.90. The molecule has 114 valence electrons. The minimum absolute atomic E-state index is 0.0323. The number of nitrogen functional groups attached to an aromatic ring is 1. The van der Waals surface area contributed by atoms with Crippen molar-refractivity contribution in [1.82, 2.24) is 0 Å². The summed E-state index contributed by atoms with van der Waals surface area (Å²) in [6.45, 7) is 2.71. The molecule has 1 atom stereocenters. The zero-order valence-electron chi connectivity index (χ0n) is 12.9. The molecule has 0 aromatic heterocycles. The van der Waals surface area contributed by atoms with E-state index < -0.39 is 0 Å². The maximum atomic E-state index is 12.9. The predicted octanol–water partition coefficient (Wildman–Crippen LogP) is 3.89. The molecule has 3 rings (SSSR count). The van der Waals surface area contributed by atoms with Crippen molar-refractivity contribution in [1.29, 1.82) is 0 Å². The van der Waals surface area contributed by atoms with Crippen LogP contribution in [0.15, 0.2) is 18.2 Å². The van der Waals surface area contributed by atoms with Crippen LogP contribution in [0.25, 0.3) is 0 Å². The number of rotatable bonds is 2. The van der Waals surface area contributed by atoms with Crippen molar-refractivity contribution < 1.29 is 9.53 Å². The zero-order chi connectivity index (χ0) is 14.9. The molecule has 1 spiro atoms. The first-order chi connectivity index (χ1) is 10.1. The Morgan fingerprint density at radius 2 is 2.05 bits per heavy atom. The highest BCUT2D eigenvalue weighted by molar-refractivity contribution is 6.02. The van der Waals surface area contributed by atoms with Gasteiger partial charge < -0.3 is 10.5 Å². The van der Waals surface area contributed by atoms with Crippen LogP contribution < -0.4 is 5.73 Å². The summed E-state index contributed by atoms with van der Waals surface area (Å²) in [4.78, 5) is 12.9. The normalized spacial score (nSPS) is 24.9. The standard InChI is InChI=1S/C18H25NO2/c1-13-5-6-16(19)15(11-13)17(20)14-7-10-21-18(12-14)8-3-2-4-9-18/h5-6,11,14H,2-4,7-10,12,19H2,1H3. The molecule has 1 aromatic carbocycles. The van der Waals surface area contributed by atoms with Crippen LogP contribution >= 0.6 is 0 Å². The molecule has 1 aliphatic carbocycles. The van der Waals surface area contributed by atoms with Crippen LogP contribution in [0.3, 0.4) is 0 Å². The van der Waals surface area contributed by atoms with Crippen LogP contribution in [0.1, 0.15) is 60.9 Å². The average Bonchev–Trinajstić information content (AvgIpc) is 2.50. The smallest absolute Gasteiger partial charge is 0.168 e. The summed E-state index contributed by atoms with van der Waals surface area (Å²) in [5, 5.41) is 0. The number of carbonyl (C=O) groups excluding carboxylic acids is 1. The predicted molar refractivity (Wildman–Crippen MR) is 84.4 cm³/mol. The van der Waals surface area contributed by atoms with E-state index in [1.807, 2.05) is 25.1 Å². The van der Waals surface area contributed by atoms with E-state index >= 15 is 0 Å². The van der Waals surface area contributed by atoms with Gasteiger partial charge in [0.1, 0.15) is 0 Å². The summed E-state index contributed by atoms with van der Waals surface area (Å²) in [6.07, 6.45) is 7.68. The molecule has 0 radical (unpaired) electrons. The number of anilines is 1. The Hall–Kier alpha value is -1.35. The topological polar surface area (TPSA) is 52.3 Å². The van der Waals surface area contributed by atoms with Crippen molar-refractivity contribution in [2.24, 2.45) is 5.92 Å². The van der Waals surface area contributed by atoms with Crippen LogP contribution in [0, 0.1) is 12.8 Å². The monoisotopic (exact) mass is 287 g/mol. The largest absolute Gasteiger partial charge is 0.398 e. The Morgan fingerprint density at radius 3 is 2.81 bits per heavy atom. The van der Waals surface area contributed by atoms with Crippen molar-refractivity contribution in [2.75, 3.05) is 12.3 Å². The molecule has 3 nitrogen and oxygen atoms in total. The van der Waals surface area contributed by atoms with E-state index in [1.165, 1.54) is 19.3 Å². The number of nitrogens with two attached hydrogens (primary N) is 1. The van der Waals surface area contributed by atoms with Gasteiger partial charge in [0.2, 0.25) is 0 Å². The van der Waals surface area contributed by atoms with Crippen LogP contribution in [-0.2, 0) is 4.74 Å². The highest BCUT2D eigenvalue weighted by atomic mass is 16.5. The van der Waals surface area contributed by atoms with E-state index in [2.05, 4.69) is 0 Å². The fourth-order valence-electron chi connectivity index (χ4n) is 3.90. The SMILES string of the molecule is Cc1ccc(N)c(C(=O)C2CCOC3(CCCCC3)C2)c1. The van der Waals surface area contributed by atoms with Crippen LogP contribution in [-0.4, -0.2) is 18.0 Å². The molecule has 1 aromatic rings. The first kappa shape index (κ1) is 14.6. The summed E-state index contributed by atoms with van der Waals surface area (Å²) in [6, 6.07) is 5.73. The number of ketones is 1. The zero-order valence-corrected chi connectivity index (χ0v) is 12.9. The second kappa shape index (κ2) is 5.80. The summed E-state index contributed by atoms with van der Waals surface area (Å²) < 4.78 is 6.09. The number of ether oxygens (including phenoxy) is 1. The lowest BCUT2D eigenvalue weighted by atomic mass is 9.74. The third kappa shape index (κ3) is 2.98. The van der Waals surface area contributed by atoms with Gasteiger partial charge in [-0.3, -0.25) is 4.79 Å². The number of benzene rings is 1. The maximum absolute atomic E-state index is 12.9. The first-order valence-electron chi connectivity index (χ1n) is 8.14. The van der Waals surface area contributed by atoms with Crippen LogP contribution in [0.4, 0.5) is 5.69 Å². The van der Waals surface area contributed by atoms with Crippen LogP contribution in [0.5, 0.6) is 0 Å². The molecule has 0 bridgehead atoms. The number of hydrogen-bond donors (Lipinski definition) is 1. The van der Waals surface area contributed by atoms with Crippen molar-refractivity contribution in [3.05, 3.63) is 29.3 Å². The summed E-state index contributed by atoms with van der Waals surface area (Å²) in [5.41, 5.74) is 8.38. The summed E-state index contributed by atoms with van der Waals surface area (Å²) >= 11 is 0. The second-order valence-electron chi connectivity index (χ2n) is 6.74. The Balaban J connectivity index is 1.79. The Kier molecular flexibility index (Phi) is 4.03. The van der Waals surface area contributed by atoms with E-state index in [9.17, 15) is 4.79 Å². The molecule has 1 saturated heterocycles. The molecule has 0 amide bonds. The Bertz CT molecular complexity index is 527. The van der Waals surface area contributed by atoms with Crippen molar-refractivity contribution >= 4 is 11.5 Å². The second-order valence-corrected chi connectivity index (χ2v) is 6.74. The maximum Gasteiger partial charge on any atom is 0.168 e. The van der Waals surface area contributed by atoms with Gasteiger partial charge in [-0.25, -0.2) is 0 Å². The molecule has 3 heteroatoms. The Labute approximate surface area is 126 Å². The van der Waals surface area contributed by atoms with Gasteiger partial charge in [-0.1, -0.05) is 30.9 Å². The quantitative estimate of drug-likeness (QED) is 0.663. The van der Waals surface area contributed by atoms with Gasteiger partial charge in [-0.05, 0) is 44.7 Å². The van der Waals surface area contributed by atoms with Crippen molar-refractivity contribution in [3.8, 4) is 0 Å². The molecule has 1 aliphatic heterocycles. The summed E-state index contributed by atoms with van der Waals surface area (Å²) in [5.74, 6) is 0.283. The Morgan fingerprint density at radius 1 is 1.29 bits per heavy atom. The fraction of sp³-hybridized carbons (Fsp3) is 0.611. The number of carbonyl (C=O) groups is 1. The van der Waals surface area contributed by atoms with Gasteiger partial charge in [0.15, 0.2) is 5.78 Å². The highest BCUT2D eigenvalue weighted by Crippen LogP contribution is 2.41. The van der Waals surface area contributed by atoms with Crippen molar-refractivity contribution in [3.63, 3.8) is 0 Å². The van der Waals surface area contributed by atoms with Gasteiger partial charge in [-0.15, -0.1) is 0 Å². The number of Topliss-reactive ketones (excluding diaryl/α,β-unsaturated/α-hetero) is 1. The minimum Gasteiger partial charge on any atom is -0.398 e. The van der Waals surface area contributed by atoms with Gasteiger partial charge in [0, 0.05) is 23.8 Å². The van der Waals surface area contributed by atoms with E-state index in [0.717, 1.165) is 31.2 Å². The highest BCUT2D eigenvalue weighted by Gasteiger charge is 2.41. The van der Waals surface area contributed by atoms with E-state index in [0.29, 0.717) is 17.9 Å². The molecule has 1 unspecified atom stereocenters. The summed E-state index contributed by atoms with van der Waals surface area (Å²) in [7, 11) is 0. The number of hydrogen-bond acceptors (Lipinski definition) is 3. The first-order valence-corrected chi connectivity index (χ1v) is 8.14. The molecule has 2 aliphatic rings. The molecule has 1 heterocycles. The van der Waals surface area contributed by atoms with E-state index in [1.54, 1.807) is 0 Å². The molecule has 1 saturated carbocycles. The molecule has 21 heavy (non-hydrogen) atoms. The van der Waals surface area contributed by atoms with Gasteiger partial charge in [0.25, 0.3) is 0 Å². The van der Waals surface area contributed by atoms with Crippen molar-refractivity contribution in [2.45, 2.75) is 57.5 Å². The van der Waals surface area contributed by atoms with E-state index in [-0.39, 0.29) is 17.3 Å². The third-order valence-electron chi connectivity index (χ3n) is 5.10. The molecule has 2 N–H and O–H groups in total. The minimum atomic E-state index is -0.0323. The molecular formula is C18H25NO2. The average molecular weight is 287 g/mol. The van der Waals surface area contributed by atoms with Gasteiger partial charge in [-0.2, -0.15) is 0 Å². The lowest BCUT2D eigenvalue weighted by Crippen LogP contribution is -2.43.